The van der Waals surface area contributed by atoms with E-state index in [-0.39, 0.29) is 5.02 Å². The Morgan fingerprint density at radius 3 is 2.38 bits per heavy atom. The first-order valence-corrected chi connectivity index (χ1v) is 7.96. The van der Waals surface area contributed by atoms with Gasteiger partial charge in [0.2, 0.25) is 0 Å². The second-order valence-electron chi connectivity index (χ2n) is 4.27. The number of nitrogens with zero attached hydrogens (tertiary/aromatic N) is 1. The van der Waals surface area contributed by atoms with Crippen molar-refractivity contribution in [3.05, 3.63) is 54.4 Å². The van der Waals surface area contributed by atoms with Gasteiger partial charge in [-0.1, -0.05) is 34.8 Å². The van der Waals surface area contributed by atoms with E-state index < -0.39 is 5.82 Å². The molecule has 0 fully saturated rings. The molecule has 0 saturated carbocycles. The van der Waals surface area contributed by atoms with Crippen LogP contribution in [0.15, 0.2) is 28.7 Å². The highest BCUT2D eigenvalue weighted by Gasteiger charge is 2.16. The maximum Gasteiger partial charge on any atom is 0.182 e. The van der Waals surface area contributed by atoms with E-state index in [1.54, 1.807) is 16.7 Å². The van der Waals surface area contributed by atoms with Gasteiger partial charge in [0.05, 0.1) is 31.8 Å². The lowest BCUT2D eigenvalue weighted by molar-refractivity contribution is 0.626. The number of halogens is 5. The fourth-order valence-electron chi connectivity index (χ4n) is 2.07. The summed E-state index contributed by atoms with van der Waals surface area (Å²) in [6, 6.07) is 5.90. The van der Waals surface area contributed by atoms with Crippen molar-refractivity contribution in [2.24, 2.45) is 0 Å². The van der Waals surface area contributed by atoms with E-state index in [4.69, 9.17) is 47.0 Å². The number of fused-ring (bicyclic) bond motifs is 1. The Morgan fingerprint density at radius 2 is 1.71 bits per heavy atom. The molecule has 1 heterocycles. The van der Waals surface area contributed by atoms with Gasteiger partial charge >= 0.3 is 0 Å². The Hall–Kier alpha value is -0.590. The van der Waals surface area contributed by atoms with Crippen molar-refractivity contribution >= 4 is 74.0 Å². The highest BCUT2D eigenvalue weighted by atomic mass is 79.9. The smallest absolute Gasteiger partial charge is 0.182 e. The normalized spacial score (nSPS) is 11.3. The first-order valence-electron chi connectivity index (χ1n) is 5.63. The van der Waals surface area contributed by atoms with Crippen molar-refractivity contribution < 1.29 is 4.39 Å². The molecule has 0 amide bonds. The molecule has 3 rings (SSSR count). The molecular formula is C13H5BrCl3FN2S. The Labute approximate surface area is 147 Å². The van der Waals surface area contributed by atoms with Gasteiger partial charge in [0.25, 0.3) is 0 Å². The third-order valence-electron chi connectivity index (χ3n) is 2.93. The Balaban J connectivity index is 2.44. The highest BCUT2D eigenvalue weighted by molar-refractivity contribution is 9.10. The molecule has 2 aromatic carbocycles. The molecule has 1 N–H and O–H groups in total. The first-order chi connectivity index (χ1) is 9.88. The monoisotopic (exact) mass is 424 g/mol. The molecule has 0 saturated heterocycles. The molecule has 0 bridgehead atoms. The second-order valence-corrected chi connectivity index (χ2v) is 6.73. The quantitative estimate of drug-likeness (QED) is 0.438. The maximum absolute atomic E-state index is 13.4. The van der Waals surface area contributed by atoms with Gasteiger partial charge in [-0.05, 0) is 52.4 Å². The van der Waals surface area contributed by atoms with Gasteiger partial charge in [0.1, 0.15) is 5.82 Å². The summed E-state index contributed by atoms with van der Waals surface area (Å²) < 4.78 is 15.9. The fourth-order valence-corrected chi connectivity index (χ4v) is 3.71. The number of rotatable bonds is 1. The number of H-pyrrole nitrogens is 1. The zero-order valence-corrected chi connectivity index (χ0v) is 14.7. The van der Waals surface area contributed by atoms with E-state index in [0.29, 0.717) is 36.0 Å². The zero-order chi connectivity index (χ0) is 15.3. The summed E-state index contributed by atoms with van der Waals surface area (Å²) in [4.78, 5) is 3.02. The molecule has 1 aromatic heterocycles. The molecule has 0 spiro atoms. The van der Waals surface area contributed by atoms with Crippen LogP contribution in [0.5, 0.6) is 0 Å². The lowest BCUT2D eigenvalue weighted by Gasteiger charge is -2.10. The highest BCUT2D eigenvalue weighted by Crippen LogP contribution is 2.35. The fraction of sp³-hybridized carbons (Fsp3) is 0. The van der Waals surface area contributed by atoms with Crippen LogP contribution in [-0.4, -0.2) is 9.55 Å². The van der Waals surface area contributed by atoms with E-state index in [1.807, 2.05) is 0 Å². The van der Waals surface area contributed by atoms with Crippen LogP contribution in [0.2, 0.25) is 15.1 Å². The minimum absolute atomic E-state index is 0.227. The van der Waals surface area contributed by atoms with E-state index in [1.165, 1.54) is 12.1 Å². The molecule has 8 heteroatoms. The van der Waals surface area contributed by atoms with Gasteiger partial charge in [0, 0.05) is 4.47 Å². The summed E-state index contributed by atoms with van der Waals surface area (Å²) in [6.45, 7) is 0. The summed E-state index contributed by atoms with van der Waals surface area (Å²) in [6.07, 6.45) is 0. The van der Waals surface area contributed by atoms with Crippen LogP contribution in [0.25, 0.3) is 16.7 Å². The van der Waals surface area contributed by atoms with E-state index in [9.17, 15) is 4.39 Å². The molecule has 2 nitrogen and oxygen atoms in total. The minimum Gasteiger partial charge on any atom is -0.330 e. The third kappa shape index (κ3) is 2.62. The second kappa shape index (κ2) is 5.56. The molecule has 0 unspecified atom stereocenters. The molecule has 0 radical (unpaired) electrons. The standard InChI is InChI=1S/C13H5BrCl3FN2S/c14-6-1-5(18)2-9(17)12(6)20-11-4-8(16)7(15)3-10(11)19-13(20)21/h1-4H,(H,19,21). The predicted molar refractivity (Wildman–Crippen MR) is 91.1 cm³/mol. The van der Waals surface area contributed by atoms with Crippen LogP contribution >= 0.6 is 63.0 Å². The van der Waals surface area contributed by atoms with Gasteiger partial charge in [-0.25, -0.2) is 4.39 Å². The lowest BCUT2D eigenvalue weighted by Crippen LogP contribution is -1.97. The van der Waals surface area contributed by atoms with Crippen molar-refractivity contribution in [3.8, 4) is 5.69 Å². The van der Waals surface area contributed by atoms with Gasteiger partial charge in [-0.3, -0.25) is 4.57 Å². The Morgan fingerprint density at radius 1 is 1.05 bits per heavy atom. The van der Waals surface area contributed by atoms with Crippen LogP contribution < -0.4 is 0 Å². The molecule has 21 heavy (non-hydrogen) atoms. The summed E-state index contributed by atoms with van der Waals surface area (Å²) in [5, 5.41) is 1.03. The van der Waals surface area contributed by atoms with E-state index in [2.05, 4.69) is 20.9 Å². The van der Waals surface area contributed by atoms with Crippen molar-refractivity contribution in [1.82, 2.24) is 9.55 Å². The number of hydrogen-bond acceptors (Lipinski definition) is 1. The van der Waals surface area contributed by atoms with E-state index >= 15 is 0 Å². The van der Waals surface area contributed by atoms with Crippen molar-refractivity contribution in [3.63, 3.8) is 0 Å². The van der Waals surface area contributed by atoms with Crippen molar-refractivity contribution in [2.45, 2.75) is 0 Å². The summed E-state index contributed by atoms with van der Waals surface area (Å²) in [7, 11) is 0. The van der Waals surface area contributed by atoms with Gasteiger partial charge in [-0.2, -0.15) is 0 Å². The Kier molecular flexibility index (Phi) is 4.05. The molecule has 108 valence electrons. The number of aromatic nitrogens is 2. The molecule has 0 aliphatic heterocycles. The van der Waals surface area contributed by atoms with Gasteiger partial charge in [-0.15, -0.1) is 0 Å². The largest absolute Gasteiger partial charge is 0.330 e. The first kappa shape index (κ1) is 15.3. The average Bonchev–Trinajstić information content (AvgIpc) is 2.66. The topological polar surface area (TPSA) is 20.7 Å². The lowest BCUT2D eigenvalue weighted by atomic mass is 10.2. The van der Waals surface area contributed by atoms with Crippen LogP contribution in [0, 0.1) is 10.6 Å². The number of benzene rings is 2. The number of aromatic amines is 1. The molecule has 3 aromatic rings. The summed E-state index contributed by atoms with van der Waals surface area (Å²) in [5.41, 5.74) is 1.94. The van der Waals surface area contributed by atoms with Crippen LogP contribution in [0.4, 0.5) is 4.39 Å². The third-order valence-corrected chi connectivity index (χ3v) is 4.83. The predicted octanol–water partition coefficient (Wildman–Crippen LogP) is 6.55. The SMILES string of the molecule is Fc1cc(Cl)c(-n2c(=S)[nH]c3cc(Cl)c(Cl)cc32)c(Br)c1. The van der Waals surface area contributed by atoms with Crippen molar-refractivity contribution in [1.29, 1.82) is 0 Å². The molecule has 0 aliphatic rings. The van der Waals surface area contributed by atoms with Crippen LogP contribution in [-0.2, 0) is 0 Å². The molecular weight excluding hydrogens is 421 g/mol. The summed E-state index contributed by atoms with van der Waals surface area (Å²) >= 11 is 26.9. The zero-order valence-electron chi connectivity index (χ0n) is 10.1. The van der Waals surface area contributed by atoms with E-state index in [0.717, 1.165) is 0 Å². The molecule has 0 aliphatic carbocycles. The molecule has 0 atom stereocenters. The van der Waals surface area contributed by atoms with Gasteiger partial charge in [0.15, 0.2) is 4.77 Å². The minimum atomic E-state index is -0.442. The number of nitrogens with one attached hydrogen (secondary N) is 1. The van der Waals surface area contributed by atoms with Crippen LogP contribution in [0.1, 0.15) is 0 Å². The maximum atomic E-state index is 13.4. The number of hydrogen-bond donors (Lipinski definition) is 1. The number of imidazole rings is 1. The van der Waals surface area contributed by atoms with Crippen LogP contribution in [0.3, 0.4) is 0 Å². The van der Waals surface area contributed by atoms with Gasteiger partial charge < -0.3 is 4.98 Å². The van der Waals surface area contributed by atoms with Crippen molar-refractivity contribution in [2.75, 3.05) is 0 Å². The Bertz CT molecular complexity index is 912. The summed E-state index contributed by atoms with van der Waals surface area (Å²) in [5.74, 6) is -0.442. The average molecular weight is 427 g/mol.